The Hall–Kier alpha value is -1.14. The SMILES string of the molecule is CCN(CC)C(=O)C1CCCN1C(=O)C1CNCCO1. The molecule has 2 fully saturated rings. The number of carbonyl (C=O) groups is 2. The Balaban J connectivity index is 2.02. The first-order chi connectivity index (χ1) is 9.69. The maximum atomic E-state index is 12.5. The van der Waals surface area contributed by atoms with Crippen LogP contribution in [0.2, 0.25) is 0 Å². The third-order valence-corrected chi connectivity index (χ3v) is 4.10. The first-order valence-electron chi connectivity index (χ1n) is 7.60. The summed E-state index contributed by atoms with van der Waals surface area (Å²) in [5, 5.41) is 3.16. The Bertz CT molecular complexity index is 352. The van der Waals surface area contributed by atoms with Crippen molar-refractivity contribution in [3.8, 4) is 0 Å². The van der Waals surface area contributed by atoms with Crippen LogP contribution in [0.1, 0.15) is 26.7 Å². The van der Waals surface area contributed by atoms with Crippen LogP contribution in [0.5, 0.6) is 0 Å². The van der Waals surface area contributed by atoms with Crippen LogP contribution >= 0.6 is 0 Å². The molecular weight excluding hydrogens is 258 g/mol. The van der Waals surface area contributed by atoms with Gasteiger partial charge < -0.3 is 19.9 Å². The Morgan fingerprint density at radius 3 is 2.70 bits per heavy atom. The molecule has 1 N–H and O–H groups in total. The van der Waals surface area contributed by atoms with Crippen LogP contribution in [0.4, 0.5) is 0 Å². The fourth-order valence-electron chi connectivity index (χ4n) is 2.94. The summed E-state index contributed by atoms with van der Waals surface area (Å²) in [6.45, 7) is 7.86. The second kappa shape index (κ2) is 7.04. The van der Waals surface area contributed by atoms with Gasteiger partial charge in [-0.15, -0.1) is 0 Å². The monoisotopic (exact) mass is 283 g/mol. The number of nitrogens with zero attached hydrogens (tertiary/aromatic N) is 2. The number of amides is 2. The van der Waals surface area contributed by atoms with E-state index < -0.39 is 6.10 Å². The first-order valence-corrected chi connectivity index (χ1v) is 7.60. The van der Waals surface area contributed by atoms with E-state index in [2.05, 4.69) is 5.32 Å². The van der Waals surface area contributed by atoms with E-state index in [0.29, 0.717) is 32.8 Å². The van der Waals surface area contributed by atoms with Gasteiger partial charge in [-0.25, -0.2) is 0 Å². The van der Waals surface area contributed by atoms with E-state index in [1.165, 1.54) is 0 Å². The molecule has 2 amide bonds. The zero-order valence-electron chi connectivity index (χ0n) is 12.4. The van der Waals surface area contributed by atoms with Gasteiger partial charge in [0.2, 0.25) is 5.91 Å². The average molecular weight is 283 g/mol. The lowest BCUT2D eigenvalue weighted by Gasteiger charge is -2.32. The maximum Gasteiger partial charge on any atom is 0.253 e. The fraction of sp³-hybridized carbons (Fsp3) is 0.857. The molecule has 2 heterocycles. The van der Waals surface area contributed by atoms with Gasteiger partial charge in [-0.1, -0.05) is 0 Å². The van der Waals surface area contributed by atoms with Crippen LogP contribution in [0.3, 0.4) is 0 Å². The number of hydrogen-bond donors (Lipinski definition) is 1. The predicted octanol–water partition coefficient (Wildman–Crippen LogP) is -0.166. The zero-order valence-corrected chi connectivity index (χ0v) is 12.4. The molecule has 0 radical (unpaired) electrons. The van der Waals surface area contributed by atoms with E-state index in [-0.39, 0.29) is 17.9 Å². The molecule has 0 aromatic heterocycles. The van der Waals surface area contributed by atoms with Crippen LogP contribution in [-0.2, 0) is 14.3 Å². The summed E-state index contributed by atoms with van der Waals surface area (Å²) in [6.07, 6.45) is 1.22. The largest absolute Gasteiger partial charge is 0.366 e. The maximum absolute atomic E-state index is 12.5. The molecule has 2 aliphatic heterocycles. The van der Waals surface area contributed by atoms with E-state index in [1.807, 2.05) is 13.8 Å². The molecule has 2 aliphatic rings. The summed E-state index contributed by atoms with van der Waals surface area (Å²) >= 11 is 0. The molecule has 0 aliphatic carbocycles. The third kappa shape index (κ3) is 3.12. The molecule has 114 valence electrons. The van der Waals surface area contributed by atoms with Gasteiger partial charge in [-0.2, -0.15) is 0 Å². The molecule has 2 rings (SSSR count). The number of nitrogens with one attached hydrogen (secondary N) is 1. The molecule has 2 atom stereocenters. The van der Waals surface area contributed by atoms with Crippen LogP contribution in [0, 0.1) is 0 Å². The average Bonchev–Trinajstić information content (AvgIpc) is 2.98. The fourth-order valence-corrected chi connectivity index (χ4v) is 2.94. The molecular formula is C14H25N3O3. The van der Waals surface area contributed by atoms with Gasteiger partial charge in [-0.3, -0.25) is 9.59 Å². The highest BCUT2D eigenvalue weighted by Crippen LogP contribution is 2.21. The van der Waals surface area contributed by atoms with Gasteiger partial charge in [0.15, 0.2) is 0 Å². The Labute approximate surface area is 120 Å². The second-order valence-corrected chi connectivity index (χ2v) is 5.26. The lowest BCUT2D eigenvalue weighted by atomic mass is 10.1. The number of ether oxygens (including phenoxy) is 1. The van der Waals surface area contributed by atoms with Crippen LogP contribution in [0.15, 0.2) is 0 Å². The molecule has 2 unspecified atom stereocenters. The number of likely N-dealkylation sites (N-methyl/N-ethyl adjacent to an activating group) is 1. The Kier molecular flexibility index (Phi) is 5.37. The molecule has 0 aromatic carbocycles. The minimum Gasteiger partial charge on any atom is -0.366 e. The third-order valence-electron chi connectivity index (χ3n) is 4.10. The lowest BCUT2D eigenvalue weighted by molar-refractivity contribution is -0.152. The van der Waals surface area contributed by atoms with Crippen molar-refractivity contribution in [3.05, 3.63) is 0 Å². The lowest BCUT2D eigenvalue weighted by Crippen LogP contribution is -2.54. The predicted molar refractivity (Wildman–Crippen MR) is 75.3 cm³/mol. The van der Waals surface area contributed by atoms with Gasteiger partial charge in [0.05, 0.1) is 6.61 Å². The normalized spacial score (nSPS) is 26.6. The van der Waals surface area contributed by atoms with Gasteiger partial charge in [-0.05, 0) is 26.7 Å². The molecule has 2 saturated heterocycles. The molecule has 0 bridgehead atoms. The zero-order chi connectivity index (χ0) is 14.5. The van der Waals surface area contributed by atoms with Gasteiger partial charge >= 0.3 is 0 Å². The van der Waals surface area contributed by atoms with E-state index in [1.54, 1.807) is 9.80 Å². The summed E-state index contributed by atoms with van der Waals surface area (Å²) in [7, 11) is 0. The number of morpholine rings is 1. The van der Waals surface area contributed by atoms with Crippen LogP contribution < -0.4 is 5.32 Å². The van der Waals surface area contributed by atoms with Crippen molar-refractivity contribution in [1.29, 1.82) is 0 Å². The number of carbonyl (C=O) groups excluding carboxylic acids is 2. The quantitative estimate of drug-likeness (QED) is 0.778. The number of hydrogen-bond acceptors (Lipinski definition) is 4. The van der Waals surface area contributed by atoms with Crippen molar-refractivity contribution in [2.24, 2.45) is 0 Å². The Morgan fingerprint density at radius 1 is 1.35 bits per heavy atom. The highest BCUT2D eigenvalue weighted by molar-refractivity contribution is 5.90. The number of rotatable bonds is 4. The van der Waals surface area contributed by atoms with Gasteiger partial charge in [0.25, 0.3) is 5.91 Å². The summed E-state index contributed by atoms with van der Waals surface area (Å²) in [4.78, 5) is 28.5. The molecule has 6 nitrogen and oxygen atoms in total. The minimum absolute atomic E-state index is 0.0415. The topological polar surface area (TPSA) is 61.9 Å². The van der Waals surface area contributed by atoms with E-state index >= 15 is 0 Å². The van der Waals surface area contributed by atoms with Crippen molar-refractivity contribution in [2.75, 3.05) is 39.3 Å². The summed E-state index contributed by atoms with van der Waals surface area (Å²) in [6, 6.07) is -0.298. The highest BCUT2D eigenvalue weighted by atomic mass is 16.5. The van der Waals surface area contributed by atoms with E-state index in [4.69, 9.17) is 4.74 Å². The smallest absolute Gasteiger partial charge is 0.253 e. The molecule has 0 spiro atoms. The van der Waals surface area contributed by atoms with Crippen LogP contribution in [-0.4, -0.2) is 73.1 Å². The van der Waals surface area contributed by atoms with Gasteiger partial charge in [0.1, 0.15) is 12.1 Å². The van der Waals surface area contributed by atoms with Crippen molar-refractivity contribution in [2.45, 2.75) is 38.8 Å². The standard InChI is InChI=1S/C14H25N3O3/c1-3-16(4-2)13(18)11-6-5-8-17(11)14(19)12-10-15-7-9-20-12/h11-12,15H,3-10H2,1-2H3. The summed E-state index contributed by atoms with van der Waals surface area (Å²) in [5.74, 6) is 0.0322. The molecule has 6 heteroatoms. The van der Waals surface area contributed by atoms with Crippen molar-refractivity contribution >= 4 is 11.8 Å². The van der Waals surface area contributed by atoms with E-state index in [9.17, 15) is 9.59 Å². The van der Waals surface area contributed by atoms with Crippen molar-refractivity contribution < 1.29 is 14.3 Å². The van der Waals surface area contributed by atoms with Crippen LogP contribution in [0.25, 0.3) is 0 Å². The molecule has 0 saturated carbocycles. The minimum atomic E-state index is -0.436. The summed E-state index contributed by atoms with van der Waals surface area (Å²) < 4.78 is 5.51. The van der Waals surface area contributed by atoms with E-state index in [0.717, 1.165) is 19.4 Å². The number of likely N-dealkylation sites (tertiary alicyclic amines) is 1. The Morgan fingerprint density at radius 2 is 2.10 bits per heavy atom. The second-order valence-electron chi connectivity index (χ2n) is 5.26. The molecule has 0 aromatic rings. The van der Waals surface area contributed by atoms with Crippen molar-refractivity contribution in [1.82, 2.24) is 15.1 Å². The van der Waals surface area contributed by atoms with Crippen molar-refractivity contribution in [3.63, 3.8) is 0 Å². The summed E-state index contributed by atoms with van der Waals surface area (Å²) in [5.41, 5.74) is 0. The molecule has 20 heavy (non-hydrogen) atoms. The first kappa shape index (κ1) is 15.3. The van der Waals surface area contributed by atoms with Gasteiger partial charge in [0, 0.05) is 32.7 Å². The highest BCUT2D eigenvalue weighted by Gasteiger charge is 2.39.